The molecule has 14 heavy (non-hydrogen) atoms. The molecule has 0 saturated carbocycles. The van der Waals surface area contributed by atoms with Gasteiger partial charge >= 0.3 is 5.97 Å². The average Bonchev–Trinajstić information content (AvgIpc) is 2.16. The topological polar surface area (TPSA) is 49.3 Å². The first-order valence-electron chi connectivity index (χ1n) is 4.28. The zero-order chi connectivity index (χ0) is 10.6. The lowest BCUT2D eigenvalue weighted by molar-refractivity contribution is -0.139. The molecule has 1 atom stereocenters. The fourth-order valence-corrected chi connectivity index (χ4v) is 1.30. The number of carboxylic acids is 1. The van der Waals surface area contributed by atoms with Crippen LogP contribution in [0, 0.1) is 0 Å². The molecule has 76 valence electrons. The van der Waals surface area contributed by atoms with E-state index in [9.17, 15) is 4.79 Å². The highest BCUT2D eigenvalue weighted by atomic mass is 35.5. The van der Waals surface area contributed by atoms with Crippen molar-refractivity contribution in [2.75, 3.05) is 7.05 Å². The second-order valence-electron chi connectivity index (χ2n) is 3.01. The van der Waals surface area contributed by atoms with Crippen molar-refractivity contribution in [1.82, 2.24) is 5.32 Å². The number of carboxylic acid groups (broad SMARTS) is 1. The summed E-state index contributed by atoms with van der Waals surface area (Å²) in [4.78, 5) is 10.7. The van der Waals surface area contributed by atoms with E-state index in [1.165, 1.54) is 0 Å². The Morgan fingerprint density at radius 3 is 2.50 bits per heavy atom. The van der Waals surface area contributed by atoms with Crippen LogP contribution in [-0.2, 0) is 11.2 Å². The van der Waals surface area contributed by atoms with Gasteiger partial charge in [0.1, 0.15) is 6.04 Å². The smallest absolute Gasteiger partial charge is 0.321 e. The van der Waals surface area contributed by atoms with E-state index >= 15 is 0 Å². The molecule has 0 aliphatic heterocycles. The first-order valence-corrected chi connectivity index (χ1v) is 4.66. The minimum atomic E-state index is -0.845. The number of hydrogen-bond donors (Lipinski definition) is 2. The number of halogens is 1. The quantitative estimate of drug-likeness (QED) is 0.798. The Morgan fingerprint density at radius 2 is 2.07 bits per heavy atom. The zero-order valence-electron chi connectivity index (χ0n) is 7.83. The Labute approximate surface area is 87.7 Å². The molecule has 0 spiro atoms. The predicted molar refractivity (Wildman–Crippen MR) is 55.6 cm³/mol. The van der Waals surface area contributed by atoms with E-state index in [-0.39, 0.29) is 0 Å². The molecule has 1 aromatic carbocycles. The van der Waals surface area contributed by atoms with Gasteiger partial charge in [-0.2, -0.15) is 0 Å². The molecule has 0 amide bonds. The Morgan fingerprint density at radius 1 is 1.50 bits per heavy atom. The molecule has 0 heterocycles. The number of rotatable bonds is 4. The van der Waals surface area contributed by atoms with Crippen molar-refractivity contribution < 1.29 is 9.90 Å². The molecular formula is C10H12ClNO2. The normalized spacial score (nSPS) is 12.4. The third kappa shape index (κ3) is 3.01. The number of likely N-dealkylation sites (N-methyl/N-ethyl adjacent to an activating group) is 1. The van der Waals surface area contributed by atoms with E-state index in [0.29, 0.717) is 11.4 Å². The molecule has 0 saturated heterocycles. The molecule has 0 bridgehead atoms. The van der Waals surface area contributed by atoms with E-state index in [4.69, 9.17) is 16.7 Å². The summed E-state index contributed by atoms with van der Waals surface area (Å²) in [5, 5.41) is 12.2. The maximum absolute atomic E-state index is 10.7. The Kier molecular flexibility index (Phi) is 3.92. The summed E-state index contributed by atoms with van der Waals surface area (Å²) in [6, 6.07) is 6.62. The van der Waals surface area contributed by atoms with Crippen molar-refractivity contribution in [2.45, 2.75) is 12.5 Å². The summed E-state index contributed by atoms with van der Waals surface area (Å²) < 4.78 is 0. The Balaban J connectivity index is 2.67. The van der Waals surface area contributed by atoms with Crippen molar-refractivity contribution >= 4 is 17.6 Å². The van der Waals surface area contributed by atoms with Gasteiger partial charge in [-0.05, 0) is 31.2 Å². The van der Waals surface area contributed by atoms with Crippen LogP contribution in [0.25, 0.3) is 0 Å². The van der Waals surface area contributed by atoms with Crippen LogP contribution in [0.5, 0.6) is 0 Å². The molecule has 1 aromatic rings. The van der Waals surface area contributed by atoms with Gasteiger partial charge in [-0.15, -0.1) is 0 Å². The SMILES string of the molecule is CN[C@H](Cc1ccc(Cl)cc1)C(=O)O. The first-order chi connectivity index (χ1) is 6.63. The summed E-state index contributed by atoms with van der Waals surface area (Å²) in [6.45, 7) is 0. The lowest BCUT2D eigenvalue weighted by atomic mass is 10.1. The van der Waals surface area contributed by atoms with Crippen LogP contribution in [0.2, 0.25) is 5.02 Å². The molecule has 0 aliphatic carbocycles. The number of aliphatic carboxylic acids is 1. The predicted octanol–water partition coefficient (Wildman–Crippen LogP) is 1.56. The van der Waals surface area contributed by atoms with Crippen LogP contribution in [0.3, 0.4) is 0 Å². The highest BCUT2D eigenvalue weighted by Crippen LogP contribution is 2.11. The van der Waals surface area contributed by atoms with Crippen molar-refractivity contribution in [3.05, 3.63) is 34.9 Å². The number of benzene rings is 1. The van der Waals surface area contributed by atoms with Crippen LogP contribution >= 0.6 is 11.6 Å². The van der Waals surface area contributed by atoms with Crippen LogP contribution < -0.4 is 5.32 Å². The van der Waals surface area contributed by atoms with Gasteiger partial charge in [0, 0.05) is 5.02 Å². The van der Waals surface area contributed by atoms with Gasteiger partial charge in [0.2, 0.25) is 0 Å². The van der Waals surface area contributed by atoms with Crippen LogP contribution in [0.15, 0.2) is 24.3 Å². The van der Waals surface area contributed by atoms with Gasteiger partial charge in [0.25, 0.3) is 0 Å². The standard InChI is InChI=1S/C10H12ClNO2/c1-12-9(10(13)14)6-7-2-4-8(11)5-3-7/h2-5,9,12H,6H2,1H3,(H,13,14)/t9-/m1/s1. The van der Waals surface area contributed by atoms with E-state index in [0.717, 1.165) is 5.56 Å². The maximum atomic E-state index is 10.7. The Hall–Kier alpha value is -1.06. The molecule has 2 N–H and O–H groups in total. The molecule has 0 radical (unpaired) electrons. The van der Waals surface area contributed by atoms with Crippen molar-refractivity contribution in [1.29, 1.82) is 0 Å². The minimum absolute atomic E-state index is 0.461. The summed E-state index contributed by atoms with van der Waals surface area (Å²) in [7, 11) is 1.63. The first kappa shape index (κ1) is 11.0. The van der Waals surface area contributed by atoms with Gasteiger partial charge in [0.15, 0.2) is 0 Å². The largest absolute Gasteiger partial charge is 0.480 e. The van der Waals surface area contributed by atoms with Crippen molar-refractivity contribution in [3.8, 4) is 0 Å². The van der Waals surface area contributed by atoms with E-state index in [1.54, 1.807) is 19.2 Å². The van der Waals surface area contributed by atoms with Gasteiger partial charge < -0.3 is 10.4 Å². The summed E-state index contributed by atoms with van der Waals surface area (Å²) in [6.07, 6.45) is 0.461. The zero-order valence-corrected chi connectivity index (χ0v) is 8.58. The molecule has 0 fully saturated rings. The average molecular weight is 214 g/mol. The second-order valence-corrected chi connectivity index (χ2v) is 3.45. The lowest BCUT2D eigenvalue weighted by Crippen LogP contribution is -2.35. The summed E-state index contributed by atoms with van der Waals surface area (Å²) >= 11 is 5.71. The molecule has 3 nitrogen and oxygen atoms in total. The highest BCUT2D eigenvalue weighted by molar-refractivity contribution is 6.30. The number of carbonyl (C=O) groups is 1. The fourth-order valence-electron chi connectivity index (χ4n) is 1.17. The minimum Gasteiger partial charge on any atom is -0.480 e. The fraction of sp³-hybridized carbons (Fsp3) is 0.300. The second kappa shape index (κ2) is 4.98. The van der Waals surface area contributed by atoms with E-state index < -0.39 is 12.0 Å². The van der Waals surface area contributed by atoms with Gasteiger partial charge in [-0.3, -0.25) is 4.79 Å². The summed E-state index contributed by atoms with van der Waals surface area (Å²) in [5.41, 5.74) is 0.955. The van der Waals surface area contributed by atoms with Gasteiger partial charge in [-0.25, -0.2) is 0 Å². The molecule has 4 heteroatoms. The van der Waals surface area contributed by atoms with Crippen molar-refractivity contribution in [2.24, 2.45) is 0 Å². The highest BCUT2D eigenvalue weighted by Gasteiger charge is 2.14. The molecule has 0 aromatic heterocycles. The third-order valence-electron chi connectivity index (χ3n) is 2.00. The monoisotopic (exact) mass is 213 g/mol. The van der Waals surface area contributed by atoms with Crippen LogP contribution in [-0.4, -0.2) is 24.2 Å². The molecule has 1 rings (SSSR count). The molecule has 0 unspecified atom stereocenters. The third-order valence-corrected chi connectivity index (χ3v) is 2.25. The number of nitrogens with one attached hydrogen (secondary N) is 1. The lowest BCUT2D eigenvalue weighted by Gasteiger charge is -2.10. The Bertz CT molecular complexity index is 310. The molecule has 0 aliphatic rings. The van der Waals surface area contributed by atoms with E-state index in [2.05, 4.69) is 5.32 Å². The van der Waals surface area contributed by atoms with Crippen molar-refractivity contribution in [3.63, 3.8) is 0 Å². The maximum Gasteiger partial charge on any atom is 0.321 e. The van der Waals surface area contributed by atoms with Gasteiger partial charge in [-0.1, -0.05) is 23.7 Å². The van der Waals surface area contributed by atoms with E-state index in [1.807, 2.05) is 12.1 Å². The number of hydrogen-bond acceptors (Lipinski definition) is 2. The van der Waals surface area contributed by atoms with Gasteiger partial charge in [0.05, 0.1) is 0 Å². The summed E-state index contributed by atoms with van der Waals surface area (Å²) in [5.74, 6) is -0.845. The van der Waals surface area contributed by atoms with Crippen LogP contribution in [0.4, 0.5) is 0 Å². The van der Waals surface area contributed by atoms with Crippen LogP contribution in [0.1, 0.15) is 5.56 Å². The molecular weight excluding hydrogens is 202 g/mol.